The van der Waals surface area contributed by atoms with E-state index in [0.717, 1.165) is 17.5 Å². The van der Waals surface area contributed by atoms with Crippen LogP contribution in [0.15, 0.2) is 24.3 Å². The van der Waals surface area contributed by atoms with E-state index in [1.165, 1.54) is 37.9 Å². The van der Waals surface area contributed by atoms with Crippen molar-refractivity contribution in [2.75, 3.05) is 20.1 Å². The molecule has 0 radical (unpaired) electrons. The van der Waals surface area contributed by atoms with Crippen LogP contribution in [0.4, 0.5) is 0 Å². The lowest BCUT2D eigenvalue weighted by Crippen LogP contribution is -2.35. The summed E-state index contributed by atoms with van der Waals surface area (Å²) in [4.78, 5) is 2.55. The maximum Gasteiger partial charge on any atom is 0.0409 e. The molecule has 1 N–H and O–H groups in total. The summed E-state index contributed by atoms with van der Waals surface area (Å²) in [6, 6.07) is 8.87. The molecule has 0 amide bonds. The number of piperidine rings is 1. The number of rotatable bonds is 5. The van der Waals surface area contributed by atoms with Crippen molar-refractivity contribution >= 4 is 11.6 Å². The van der Waals surface area contributed by atoms with Gasteiger partial charge in [-0.1, -0.05) is 23.7 Å². The molecule has 2 rings (SSSR count). The lowest BCUT2D eigenvalue weighted by atomic mass is 9.90. The highest BCUT2D eigenvalue weighted by atomic mass is 35.5. The van der Waals surface area contributed by atoms with Gasteiger partial charge in [0, 0.05) is 17.6 Å². The third-order valence-electron chi connectivity index (χ3n) is 4.18. The number of likely N-dealkylation sites (tertiary alicyclic amines) is 1. The minimum atomic E-state index is 0.643. The fraction of sp³-hybridized carbons (Fsp3) is 0.625. The van der Waals surface area contributed by atoms with Crippen LogP contribution in [0.5, 0.6) is 0 Å². The molecule has 1 aromatic rings. The SMILES string of the molecule is CNC(C)CC1CCN(Cc2cccc(Cl)c2)CC1. The van der Waals surface area contributed by atoms with Crippen molar-refractivity contribution in [1.29, 1.82) is 0 Å². The Bertz CT molecular complexity index is 386. The highest BCUT2D eigenvalue weighted by Gasteiger charge is 2.20. The van der Waals surface area contributed by atoms with E-state index in [-0.39, 0.29) is 0 Å². The van der Waals surface area contributed by atoms with Crippen molar-refractivity contribution in [3.63, 3.8) is 0 Å². The highest BCUT2D eigenvalue weighted by Crippen LogP contribution is 2.23. The standard InChI is InChI=1S/C16H25ClN2/c1-13(18-2)10-14-6-8-19(9-7-14)12-15-4-3-5-16(17)11-15/h3-5,11,13-14,18H,6-10,12H2,1-2H3. The first-order valence-corrected chi connectivity index (χ1v) is 7.69. The maximum atomic E-state index is 6.03. The molecule has 3 heteroatoms. The van der Waals surface area contributed by atoms with Gasteiger partial charge in [0.2, 0.25) is 0 Å². The minimum Gasteiger partial charge on any atom is -0.317 e. The zero-order chi connectivity index (χ0) is 13.7. The summed E-state index contributed by atoms with van der Waals surface area (Å²) in [5.41, 5.74) is 1.33. The van der Waals surface area contributed by atoms with E-state index in [1.54, 1.807) is 0 Å². The number of nitrogens with zero attached hydrogens (tertiary/aromatic N) is 1. The van der Waals surface area contributed by atoms with Gasteiger partial charge in [0.05, 0.1) is 0 Å². The Hall–Kier alpha value is -0.570. The van der Waals surface area contributed by atoms with E-state index in [2.05, 4.69) is 36.3 Å². The van der Waals surface area contributed by atoms with Gasteiger partial charge < -0.3 is 5.32 Å². The zero-order valence-corrected chi connectivity index (χ0v) is 12.8. The molecule has 1 fully saturated rings. The molecule has 1 aromatic carbocycles. The van der Waals surface area contributed by atoms with E-state index in [1.807, 2.05) is 12.1 Å². The number of halogens is 1. The summed E-state index contributed by atoms with van der Waals surface area (Å²) in [5.74, 6) is 0.887. The summed E-state index contributed by atoms with van der Waals surface area (Å²) >= 11 is 6.03. The Morgan fingerprint density at radius 1 is 1.37 bits per heavy atom. The molecule has 1 atom stereocenters. The molecule has 1 aliphatic rings. The Balaban J connectivity index is 1.77. The van der Waals surface area contributed by atoms with Gasteiger partial charge in [-0.15, -0.1) is 0 Å². The van der Waals surface area contributed by atoms with Crippen molar-refractivity contribution in [2.45, 2.75) is 38.8 Å². The average Bonchev–Trinajstić information content (AvgIpc) is 2.41. The third-order valence-corrected chi connectivity index (χ3v) is 4.42. The topological polar surface area (TPSA) is 15.3 Å². The van der Waals surface area contributed by atoms with Crippen LogP contribution >= 0.6 is 11.6 Å². The lowest BCUT2D eigenvalue weighted by Gasteiger charge is -2.33. The van der Waals surface area contributed by atoms with Crippen LogP contribution in [-0.2, 0) is 6.54 Å². The monoisotopic (exact) mass is 280 g/mol. The molecule has 2 nitrogen and oxygen atoms in total. The van der Waals surface area contributed by atoms with Crippen LogP contribution in [0.2, 0.25) is 5.02 Å². The Kier molecular flexibility index (Phi) is 5.68. The van der Waals surface area contributed by atoms with E-state index in [0.29, 0.717) is 6.04 Å². The molecule has 0 saturated carbocycles. The van der Waals surface area contributed by atoms with Crippen LogP contribution in [0.3, 0.4) is 0 Å². The van der Waals surface area contributed by atoms with Gasteiger partial charge in [-0.2, -0.15) is 0 Å². The molecule has 19 heavy (non-hydrogen) atoms. The summed E-state index contributed by atoms with van der Waals surface area (Å²) in [5, 5.41) is 4.18. The molecule has 0 aliphatic carbocycles. The normalized spacial score (nSPS) is 19.5. The van der Waals surface area contributed by atoms with Gasteiger partial charge in [-0.25, -0.2) is 0 Å². The summed E-state index contributed by atoms with van der Waals surface area (Å²) in [6.07, 6.45) is 3.96. The van der Waals surface area contributed by atoms with E-state index >= 15 is 0 Å². The Morgan fingerprint density at radius 2 is 2.11 bits per heavy atom. The van der Waals surface area contributed by atoms with Crippen molar-refractivity contribution in [1.82, 2.24) is 10.2 Å². The molecule has 0 spiro atoms. The van der Waals surface area contributed by atoms with Gasteiger partial charge in [-0.05, 0) is 69.9 Å². The van der Waals surface area contributed by atoms with Gasteiger partial charge in [-0.3, -0.25) is 4.90 Å². The van der Waals surface area contributed by atoms with Gasteiger partial charge in [0.25, 0.3) is 0 Å². The Labute approximate surface area is 122 Å². The van der Waals surface area contributed by atoms with Crippen LogP contribution in [0, 0.1) is 5.92 Å². The number of nitrogens with one attached hydrogen (secondary N) is 1. The second kappa shape index (κ2) is 7.28. The first-order chi connectivity index (χ1) is 9.17. The molecule has 1 saturated heterocycles. The molecular weight excluding hydrogens is 256 g/mol. The first-order valence-electron chi connectivity index (χ1n) is 7.31. The fourth-order valence-electron chi connectivity index (χ4n) is 2.89. The molecule has 1 heterocycles. The molecule has 1 unspecified atom stereocenters. The van der Waals surface area contributed by atoms with Gasteiger partial charge in [0.1, 0.15) is 0 Å². The van der Waals surface area contributed by atoms with Crippen molar-refractivity contribution in [3.05, 3.63) is 34.9 Å². The van der Waals surface area contributed by atoms with Gasteiger partial charge >= 0.3 is 0 Å². The molecule has 106 valence electrons. The molecule has 0 bridgehead atoms. The van der Waals surface area contributed by atoms with E-state index in [9.17, 15) is 0 Å². The number of hydrogen-bond acceptors (Lipinski definition) is 2. The Morgan fingerprint density at radius 3 is 2.74 bits per heavy atom. The zero-order valence-electron chi connectivity index (χ0n) is 12.0. The summed E-state index contributed by atoms with van der Waals surface area (Å²) in [6.45, 7) is 5.74. The second-order valence-electron chi connectivity index (χ2n) is 5.77. The average molecular weight is 281 g/mol. The van der Waals surface area contributed by atoms with Crippen molar-refractivity contribution in [2.24, 2.45) is 5.92 Å². The van der Waals surface area contributed by atoms with E-state index < -0.39 is 0 Å². The quantitative estimate of drug-likeness (QED) is 0.887. The summed E-state index contributed by atoms with van der Waals surface area (Å²) < 4.78 is 0. The van der Waals surface area contributed by atoms with E-state index in [4.69, 9.17) is 11.6 Å². The third kappa shape index (κ3) is 4.79. The number of benzene rings is 1. The predicted molar refractivity (Wildman–Crippen MR) is 82.6 cm³/mol. The minimum absolute atomic E-state index is 0.643. The van der Waals surface area contributed by atoms with Crippen molar-refractivity contribution in [3.8, 4) is 0 Å². The smallest absolute Gasteiger partial charge is 0.0409 e. The first kappa shape index (κ1) is 14.8. The summed E-state index contributed by atoms with van der Waals surface area (Å²) in [7, 11) is 2.05. The number of hydrogen-bond donors (Lipinski definition) is 1. The molecule has 0 aromatic heterocycles. The maximum absolute atomic E-state index is 6.03. The predicted octanol–water partition coefficient (Wildman–Crippen LogP) is 3.55. The van der Waals surface area contributed by atoms with Gasteiger partial charge in [0.15, 0.2) is 0 Å². The van der Waals surface area contributed by atoms with Crippen LogP contribution in [0.25, 0.3) is 0 Å². The fourth-order valence-corrected chi connectivity index (χ4v) is 3.10. The largest absolute Gasteiger partial charge is 0.317 e. The molecule has 1 aliphatic heterocycles. The molecular formula is C16H25ClN2. The van der Waals surface area contributed by atoms with Crippen LogP contribution < -0.4 is 5.32 Å². The highest BCUT2D eigenvalue weighted by molar-refractivity contribution is 6.30. The van der Waals surface area contributed by atoms with Crippen LogP contribution in [-0.4, -0.2) is 31.1 Å². The lowest BCUT2D eigenvalue weighted by molar-refractivity contribution is 0.166. The second-order valence-corrected chi connectivity index (χ2v) is 6.21. The van der Waals surface area contributed by atoms with Crippen LogP contribution in [0.1, 0.15) is 31.7 Å². The van der Waals surface area contributed by atoms with Crippen molar-refractivity contribution < 1.29 is 0 Å².